The van der Waals surface area contributed by atoms with Gasteiger partial charge in [-0.25, -0.2) is 0 Å². The normalized spacial score (nSPS) is 21.6. The first kappa shape index (κ1) is 14.0. The number of ether oxygens (including phenoxy) is 1. The quantitative estimate of drug-likeness (QED) is 0.690. The molecule has 1 atom stereocenters. The zero-order valence-corrected chi connectivity index (χ0v) is 11.5. The summed E-state index contributed by atoms with van der Waals surface area (Å²) in [4.78, 5) is 2.58. The number of hydrogen-bond donors (Lipinski definition) is 0. The molecule has 96 valence electrons. The van der Waals surface area contributed by atoms with E-state index in [1.165, 1.54) is 45.3 Å². The van der Waals surface area contributed by atoms with Crippen LogP contribution in [0, 0.1) is 5.92 Å². The van der Waals surface area contributed by atoms with Crippen molar-refractivity contribution in [3.8, 4) is 0 Å². The van der Waals surface area contributed by atoms with Crippen LogP contribution in [0.15, 0.2) is 0 Å². The third kappa shape index (κ3) is 5.31. The van der Waals surface area contributed by atoms with Gasteiger partial charge in [0.25, 0.3) is 0 Å². The second-order valence-electron chi connectivity index (χ2n) is 5.63. The van der Waals surface area contributed by atoms with Gasteiger partial charge in [0.15, 0.2) is 0 Å². The van der Waals surface area contributed by atoms with Crippen molar-refractivity contribution in [2.75, 3.05) is 19.6 Å². The average Bonchev–Trinajstić information content (AvgIpc) is 2.20. The molecule has 1 aliphatic rings. The van der Waals surface area contributed by atoms with Crippen LogP contribution in [0.3, 0.4) is 0 Å². The van der Waals surface area contributed by atoms with Crippen LogP contribution in [0.4, 0.5) is 0 Å². The lowest BCUT2D eigenvalue weighted by molar-refractivity contribution is -0.0387. The Bertz CT molecular complexity index is 174. The first-order chi connectivity index (χ1) is 7.61. The molecule has 2 heteroatoms. The van der Waals surface area contributed by atoms with E-state index in [-0.39, 0.29) is 0 Å². The summed E-state index contributed by atoms with van der Waals surface area (Å²) in [6, 6.07) is 0. The molecule has 1 saturated heterocycles. The summed E-state index contributed by atoms with van der Waals surface area (Å²) in [6.45, 7) is 12.7. The van der Waals surface area contributed by atoms with Gasteiger partial charge in [-0.3, -0.25) is 0 Å². The van der Waals surface area contributed by atoms with Gasteiger partial charge < -0.3 is 9.64 Å². The van der Waals surface area contributed by atoms with Gasteiger partial charge in [-0.1, -0.05) is 27.2 Å². The molecular formula is C14H29NO. The van der Waals surface area contributed by atoms with Crippen LogP contribution < -0.4 is 0 Å². The van der Waals surface area contributed by atoms with Gasteiger partial charge in [-0.15, -0.1) is 0 Å². The van der Waals surface area contributed by atoms with Crippen LogP contribution in [-0.2, 0) is 4.74 Å². The molecule has 0 aromatic carbocycles. The molecule has 0 saturated carbocycles. The maximum atomic E-state index is 6.06. The van der Waals surface area contributed by atoms with Gasteiger partial charge in [0.2, 0.25) is 0 Å². The third-order valence-electron chi connectivity index (χ3n) is 3.28. The van der Waals surface area contributed by atoms with E-state index in [9.17, 15) is 0 Å². The zero-order chi connectivity index (χ0) is 12.0. The topological polar surface area (TPSA) is 12.5 Å². The van der Waals surface area contributed by atoms with E-state index in [2.05, 4.69) is 32.6 Å². The fourth-order valence-corrected chi connectivity index (χ4v) is 2.55. The molecule has 0 radical (unpaired) electrons. The number of hydrogen-bond acceptors (Lipinski definition) is 2. The van der Waals surface area contributed by atoms with Crippen molar-refractivity contribution in [2.45, 2.75) is 65.6 Å². The van der Waals surface area contributed by atoms with E-state index in [0.717, 1.165) is 5.92 Å². The van der Waals surface area contributed by atoms with Crippen LogP contribution in [0.1, 0.15) is 53.4 Å². The maximum absolute atomic E-state index is 6.06. The minimum atomic E-state index is 0.451. The van der Waals surface area contributed by atoms with Crippen molar-refractivity contribution in [1.29, 1.82) is 0 Å². The average molecular weight is 227 g/mol. The highest BCUT2D eigenvalue weighted by atomic mass is 16.5. The van der Waals surface area contributed by atoms with Crippen LogP contribution in [0.25, 0.3) is 0 Å². The Labute approximate surface area is 101 Å². The van der Waals surface area contributed by atoms with Gasteiger partial charge in [-0.2, -0.15) is 0 Å². The molecule has 1 aliphatic heterocycles. The number of rotatable bonds is 6. The van der Waals surface area contributed by atoms with Crippen LogP contribution >= 0.6 is 0 Å². The van der Waals surface area contributed by atoms with E-state index < -0.39 is 0 Å². The predicted octanol–water partition coefficient (Wildman–Crippen LogP) is 3.31. The monoisotopic (exact) mass is 227 g/mol. The summed E-state index contributed by atoms with van der Waals surface area (Å²) in [5.41, 5.74) is 0. The summed E-state index contributed by atoms with van der Waals surface area (Å²) >= 11 is 0. The first-order valence-electron chi connectivity index (χ1n) is 6.99. The third-order valence-corrected chi connectivity index (χ3v) is 3.28. The largest absolute Gasteiger partial charge is 0.375 e. The SMILES string of the molecule is CCC[C@H](C)OC1CCN(CC(C)C)CC1. The Morgan fingerprint density at radius 3 is 2.31 bits per heavy atom. The molecule has 16 heavy (non-hydrogen) atoms. The second-order valence-corrected chi connectivity index (χ2v) is 5.63. The molecule has 0 spiro atoms. The highest BCUT2D eigenvalue weighted by Gasteiger charge is 2.21. The Morgan fingerprint density at radius 1 is 1.19 bits per heavy atom. The second kappa shape index (κ2) is 7.29. The molecule has 0 aromatic heterocycles. The molecule has 2 nitrogen and oxygen atoms in total. The maximum Gasteiger partial charge on any atom is 0.0603 e. The van der Waals surface area contributed by atoms with Gasteiger partial charge in [0, 0.05) is 19.6 Å². The Balaban J connectivity index is 2.16. The molecule has 0 aromatic rings. The summed E-state index contributed by atoms with van der Waals surface area (Å²) < 4.78 is 6.06. The smallest absolute Gasteiger partial charge is 0.0603 e. The van der Waals surface area contributed by atoms with Crippen molar-refractivity contribution in [2.24, 2.45) is 5.92 Å². The Kier molecular flexibility index (Phi) is 6.37. The van der Waals surface area contributed by atoms with E-state index in [1.807, 2.05) is 0 Å². The van der Waals surface area contributed by atoms with Crippen LogP contribution in [0.5, 0.6) is 0 Å². The van der Waals surface area contributed by atoms with E-state index >= 15 is 0 Å². The summed E-state index contributed by atoms with van der Waals surface area (Å²) in [6.07, 6.45) is 5.85. The van der Waals surface area contributed by atoms with Gasteiger partial charge in [-0.05, 0) is 32.1 Å². The van der Waals surface area contributed by atoms with Crippen molar-refractivity contribution in [3.63, 3.8) is 0 Å². The lowest BCUT2D eigenvalue weighted by atomic mass is 10.1. The number of piperidine rings is 1. The standard InChI is InChI=1S/C14H29NO/c1-5-6-13(4)16-14-7-9-15(10-8-14)11-12(2)3/h12-14H,5-11H2,1-4H3/t13-/m0/s1. The lowest BCUT2D eigenvalue weighted by Crippen LogP contribution is -2.39. The number of nitrogens with zero attached hydrogens (tertiary/aromatic N) is 1. The van der Waals surface area contributed by atoms with E-state index in [1.54, 1.807) is 0 Å². The molecule has 1 rings (SSSR count). The number of likely N-dealkylation sites (tertiary alicyclic amines) is 1. The van der Waals surface area contributed by atoms with Gasteiger partial charge >= 0.3 is 0 Å². The van der Waals surface area contributed by atoms with Crippen LogP contribution in [-0.4, -0.2) is 36.7 Å². The minimum Gasteiger partial charge on any atom is -0.375 e. The molecule has 0 unspecified atom stereocenters. The van der Waals surface area contributed by atoms with Gasteiger partial charge in [0.05, 0.1) is 12.2 Å². The van der Waals surface area contributed by atoms with Gasteiger partial charge in [0.1, 0.15) is 0 Å². The zero-order valence-electron chi connectivity index (χ0n) is 11.5. The summed E-state index contributed by atoms with van der Waals surface area (Å²) in [5.74, 6) is 0.788. The molecule has 0 amide bonds. The van der Waals surface area contributed by atoms with Crippen LogP contribution in [0.2, 0.25) is 0 Å². The van der Waals surface area contributed by atoms with E-state index in [4.69, 9.17) is 4.74 Å². The van der Waals surface area contributed by atoms with Crippen molar-refractivity contribution < 1.29 is 4.74 Å². The Hall–Kier alpha value is -0.0800. The molecule has 0 N–H and O–H groups in total. The molecule has 0 bridgehead atoms. The first-order valence-corrected chi connectivity index (χ1v) is 6.99. The molecule has 0 aliphatic carbocycles. The molecule has 1 heterocycles. The van der Waals surface area contributed by atoms with Crippen molar-refractivity contribution in [3.05, 3.63) is 0 Å². The minimum absolute atomic E-state index is 0.451. The fourth-order valence-electron chi connectivity index (χ4n) is 2.55. The van der Waals surface area contributed by atoms with E-state index in [0.29, 0.717) is 12.2 Å². The summed E-state index contributed by atoms with van der Waals surface area (Å²) in [5, 5.41) is 0. The van der Waals surface area contributed by atoms with Crippen molar-refractivity contribution in [1.82, 2.24) is 4.90 Å². The fraction of sp³-hybridized carbons (Fsp3) is 1.00. The van der Waals surface area contributed by atoms with Crippen molar-refractivity contribution >= 4 is 0 Å². The highest BCUT2D eigenvalue weighted by molar-refractivity contribution is 4.74. The highest BCUT2D eigenvalue weighted by Crippen LogP contribution is 2.17. The predicted molar refractivity (Wildman–Crippen MR) is 69.8 cm³/mol. The summed E-state index contributed by atoms with van der Waals surface area (Å²) in [7, 11) is 0. The molecule has 1 fully saturated rings. The molecular weight excluding hydrogens is 198 g/mol. The lowest BCUT2D eigenvalue weighted by Gasteiger charge is -2.34. The Morgan fingerprint density at radius 2 is 1.81 bits per heavy atom.